The van der Waals surface area contributed by atoms with E-state index >= 15 is 0 Å². The Morgan fingerprint density at radius 3 is 3.27 bits per heavy atom. The van der Waals surface area contributed by atoms with Gasteiger partial charge in [-0.2, -0.15) is 0 Å². The van der Waals surface area contributed by atoms with Crippen LogP contribution in [0.1, 0.15) is 19.3 Å². The molecule has 2 aliphatic heterocycles. The lowest BCUT2D eigenvalue weighted by Crippen LogP contribution is -2.63. The Morgan fingerprint density at radius 2 is 2.55 bits per heavy atom. The van der Waals surface area contributed by atoms with Crippen molar-refractivity contribution in [2.75, 3.05) is 19.8 Å². The SMILES string of the molecule is OCC12CCCC(COC1)N2. The molecule has 2 N–H and O–H groups in total. The number of nitrogens with one attached hydrogen (secondary N) is 1. The monoisotopic (exact) mass is 157 g/mol. The molecule has 3 heteroatoms. The second-order valence-corrected chi connectivity index (χ2v) is 3.69. The smallest absolute Gasteiger partial charge is 0.0671 e. The predicted molar refractivity (Wildman–Crippen MR) is 41.4 cm³/mol. The van der Waals surface area contributed by atoms with Gasteiger partial charge in [0.2, 0.25) is 0 Å². The summed E-state index contributed by atoms with van der Waals surface area (Å²) < 4.78 is 5.41. The Kier molecular flexibility index (Phi) is 1.87. The summed E-state index contributed by atoms with van der Waals surface area (Å²) in [6.45, 7) is 1.71. The van der Waals surface area contributed by atoms with E-state index in [4.69, 9.17) is 9.84 Å². The van der Waals surface area contributed by atoms with E-state index in [-0.39, 0.29) is 12.1 Å². The van der Waals surface area contributed by atoms with Crippen LogP contribution in [0.25, 0.3) is 0 Å². The lowest BCUT2D eigenvalue weighted by atomic mass is 9.86. The van der Waals surface area contributed by atoms with Gasteiger partial charge in [-0.05, 0) is 19.3 Å². The first-order chi connectivity index (χ1) is 5.35. The Hall–Kier alpha value is -0.120. The van der Waals surface area contributed by atoms with Crippen LogP contribution in [-0.4, -0.2) is 36.5 Å². The van der Waals surface area contributed by atoms with Crippen LogP contribution in [0.2, 0.25) is 0 Å². The van der Waals surface area contributed by atoms with Crippen molar-refractivity contribution < 1.29 is 9.84 Å². The molecule has 2 saturated heterocycles. The topological polar surface area (TPSA) is 41.5 Å². The van der Waals surface area contributed by atoms with Gasteiger partial charge in [0.25, 0.3) is 0 Å². The first kappa shape index (κ1) is 7.53. The van der Waals surface area contributed by atoms with Crippen molar-refractivity contribution in [1.82, 2.24) is 5.32 Å². The summed E-state index contributed by atoms with van der Waals surface area (Å²) in [4.78, 5) is 0. The van der Waals surface area contributed by atoms with Gasteiger partial charge in [0.15, 0.2) is 0 Å². The lowest BCUT2D eigenvalue weighted by Gasteiger charge is -2.45. The van der Waals surface area contributed by atoms with Gasteiger partial charge in [-0.15, -0.1) is 0 Å². The molecule has 0 spiro atoms. The van der Waals surface area contributed by atoms with Crippen LogP contribution in [0.4, 0.5) is 0 Å². The molecule has 2 fully saturated rings. The van der Waals surface area contributed by atoms with Gasteiger partial charge in [0.1, 0.15) is 0 Å². The fourth-order valence-corrected chi connectivity index (χ4v) is 2.07. The van der Waals surface area contributed by atoms with Crippen LogP contribution < -0.4 is 5.32 Å². The molecule has 0 aromatic rings. The largest absolute Gasteiger partial charge is 0.394 e. The van der Waals surface area contributed by atoms with Crippen LogP contribution in [-0.2, 0) is 4.74 Å². The molecule has 2 aliphatic rings. The van der Waals surface area contributed by atoms with Crippen LogP contribution in [0, 0.1) is 0 Å². The van der Waals surface area contributed by atoms with Crippen molar-refractivity contribution in [3.8, 4) is 0 Å². The normalized spacial score (nSPS) is 43.9. The molecule has 64 valence electrons. The van der Waals surface area contributed by atoms with Gasteiger partial charge >= 0.3 is 0 Å². The van der Waals surface area contributed by atoms with Crippen LogP contribution >= 0.6 is 0 Å². The van der Waals surface area contributed by atoms with Gasteiger partial charge in [-0.1, -0.05) is 0 Å². The maximum atomic E-state index is 9.15. The number of hydrogen-bond acceptors (Lipinski definition) is 3. The molecule has 0 aromatic heterocycles. The molecule has 2 bridgehead atoms. The molecular weight excluding hydrogens is 142 g/mol. The summed E-state index contributed by atoms with van der Waals surface area (Å²) in [5.74, 6) is 0. The van der Waals surface area contributed by atoms with E-state index < -0.39 is 0 Å². The summed E-state index contributed by atoms with van der Waals surface area (Å²) in [6, 6.07) is 0.490. The first-order valence-corrected chi connectivity index (χ1v) is 4.31. The molecule has 0 aromatic carbocycles. The highest BCUT2D eigenvalue weighted by Gasteiger charge is 2.38. The maximum absolute atomic E-state index is 9.15. The van der Waals surface area contributed by atoms with Crippen LogP contribution in [0.5, 0.6) is 0 Å². The number of aliphatic hydroxyl groups excluding tert-OH is 1. The second kappa shape index (κ2) is 2.73. The van der Waals surface area contributed by atoms with E-state index in [1.165, 1.54) is 12.8 Å². The average molecular weight is 157 g/mol. The van der Waals surface area contributed by atoms with Crippen molar-refractivity contribution in [2.45, 2.75) is 30.8 Å². The molecule has 2 unspecified atom stereocenters. The Morgan fingerprint density at radius 1 is 1.64 bits per heavy atom. The van der Waals surface area contributed by atoms with Gasteiger partial charge in [-0.3, -0.25) is 0 Å². The highest BCUT2D eigenvalue weighted by atomic mass is 16.5. The number of rotatable bonds is 1. The number of aliphatic hydroxyl groups is 1. The molecule has 2 atom stereocenters. The van der Waals surface area contributed by atoms with Crippen LogP contribution in [0.3, 0.4) is 0 Å². The first-order valence-electron chi connectivity index (χ1n) is 4.31. The van der Waals surface area contributed by atoms with E-state index in [0.29, 0.717) is 12.6 Å². The van der Waals surface area contributed by atoms with E-state index in [0.717, 1.165) is 13.0 Å². The molecule has 11 heavy (non-hydrogen) atoms. The summed E-state index contributed by atoms with van der Waals surface area (Å²) >= 11 is 0. The summed E-state index contributed by atoms with van der Waals surface area (Å²) in [5, 5.41) is 12.6. The lowest BCUT2D eigenvalue weighted by molar-refractivity contribution is -0.0486. The van der Waals surface area contributed by atoms with Crippen molar-refractivity contribution in [1.29, 1.82) is 0 Å². The molecule has 0 saturated carbocycles. The van der Waals surface area contributed by atoms with Gasteiger partial charge < -0.3 is 15.2 Å². The van der Waals surface area contributed by atoms with E-state index in [1.54, 1.807) is 0 Å². The molecule has 0 aliphatic carbocycles. The molecule has 3 nitrogen and oxygen atoms in total. The number of morpholine rings is 1. The van der Waals surface area contributed by atoms with Crippen LogP contribution in [0.15, 0.2) is 0 Å². The molecule has 2 heterocycles. The third-order valence-electron chi connectivity index (χ3n) is 2.72. The fourth-order valence-electron chi connectivity index (χ4n) is 2.07. The fraction of sp³-hybridized carbons (Fsp3) is 1.00. The minimum Gasteiger partial charge on any atom is -0.394 e. The standard InChI is InChI=1S/C8H15NO2/c10-5-8-3-1-2-7(9-8)4-11-6-8/h7,9-10H,1-6H2. The van der Waals surface area contributed by atoms with Crippen molar-refractivity contribution in [3.63, 3.8) is 0 Å². The number of ether oxygens (including phenoxy) is 1. The van der Waals surface area contributed by atoms with E-state index in [9.17, 15) is 0 Å². The van der Waals surface area contributed by atoms with Crippen molar-refractivity contribution in [3.05, 3.63) is 0 Å². The van der Waals surface area contributed by atoms with Gasteiger partial charge in [0, 0.05) is 6.04 Å². The highest BCUT2D eigenvalue weighted by molar-refractivity contribution is 4.97. The molecule has 0 radical (unpaired) electrons. The minimum atomic E-state index is -0.0961. The highest BCUT2D eigenvalue weighted by Crippen LogP contribution is 2.26. The minimum absolute atomic E-state index is 0.0961. The quantitative estimate of drug-likeness (QED) is 0.558. The second-order valence-electron chi connectivity index (χ2n) is 3.69. The molecule has 2 rings (SSSR count). The van der Waals surface area contributed by atoms with Crippen molar-refractivity contribution >= 4 is 0 Å². The zero-order valence-corrected chi connectivity index (χ0v) is 6.68. The average Bonchev–Trinajstić information content (AvgIpc) is 2.05. The predicted octanol–water partition coefficient (Wildman–Crippen LogP) is -0.110. The summed E-state index contributed by atoms with van der Waals surface area (Å²) in [6.07, 6.45) is 3.48. The Bertz CT molecular complexity index is 139. The van der Waals surface area contributed by atoms with E-state index in [1.807, 2.05) is 0 Å². The van der Waals surface area contributed by atoms with Crippen molar-refractivity contribution in [2.24, 2.45) is 0 Å². The number of fused-ring (bicyclic) bond motifs is 2. The Labute approximate surface area is 66.7 Å². The third kappa shape index (κ3) is 1.28. The van der Waals surface area contributed by atoms with E-state index in [2.05, 4.69) is 5.32 Å². The summed E-state index contributed by atoms with van der Waals surface area (Å²) in [7, 11) is 0. The molecular formula is C8H15NO2. The zero-order chi connectivity index (χ0) is 7.73. The number of piperidine rings is 1. The van der Waals surface area contributed by atoms with Gasteiger partial charge in [0.05, 0.1) is 25.4 Å². The molecule has 0 amide bonds. The van der Waals surface area contributed by atoms with Gasteiger partial charge in [-0.25, -0.2) is 0 Å². The summed E-state index contributed by atoms with van der Waals surface area (Å²) in [5.41, 5.74) is -0.0961. The third-order valence-corrected chi connectivity index (χ3v) is 2.72. The maximum Gasteiger partial charge on any atom is 0.0671 e. The zero-order valence-electron chi connectivity index (χ0n) is 6.68. The Balaban J connectivity index is 2.07. The number of hydrogen-bond donors (Lipinski definition) is 2.